The molecule has 2 heterocycles. The number of hydrogen-bond donors (Lipinski definition) is 1. The molecule has 0 aliphatic rings. The molecule has 0 aliphatic carbocycles. The fourth-order valence-corrected chi connectivity index (χ4v) is 2.35. The SMILES string of the molecule is Cc1c(Cn2c(N)cc3ccccc3c2=O)cnn1C. The molecule has 1 aromatic carbocycles. The predicted octanol–water partition coefficient (Wildman–Crippen LogP) is 1.67. The minimum Gasteiger partial charge on any atom is -0.385 e. The fourth-order valence-electron chi connectivity index (χ4n) is 2.35. The highest BCUT2D eigenvalue weighted by molar-refractivity contribution is 5.83. The Balaban J connectivity index is 2.17. The Morgan fingerprint density at radius 2 is 2.05 bits per heavy atom. The molecule has 0 fully saturated rings. The number of nitrogen functional groups attached to an aromatic ring is 1. The lowest BCUT2D eigenvalue weighted by Gasteiger charge is -2.11. The molecular formula is C15H16N4O. The van der Waals surface area contributed by atoms with Gasteiger partial charge in [-0.05, 0) is 24.4 Å². The Bertz CT molecular complexity index is 845. The Hall–Kier alpha value is -2.56. The summed E-state index contributed by atoms with van der Waals surface area (Å²) in [6.07, 6.45) is 1.77. The number of benzene rings is 1. The predicted molar refractivity (Wildman–Crippen MR) is 79.7 cm³/mol. The van der Waals surface area contributed by atoms with Gasteiger partial charge in [-0.3, -0.25) is 14.0 Å². The van der Waals surface area contributed by atoms with Crippen LogP contribution in [0.25, 0.3) is 10.8 Å². The summed E-state index contributed by atoms with van der Waals surface area (Å²) in [5, 5.41) is 5.75. The van der Waals surface area contributed by atoms with E-state index in [1.807, 2.05) is 44.3 Å². The van der Waals surface area contributed by atoms with Crippen molar-refractivity contribution in [2.24, 2.45) is 7.05 Å². The van der Waals surface area contributed by atoms with E-state index in [0.29, 0.717) is 17.7 Å². The molecule has 0 saturated heterocycles. The van der Waals surface area contributed by atoms with Gasteiger partial charge in [0.05, 0.1) is 12.7 Å². The number of aryl methyl sites for hydroxylation is 1. The van der Waals surface area contributed by atoms with Crippen LogP contribution in [0.1, 0.15) is 11.3 Å². The second-order valence-corrected chi connectivity index (χ2v) is 4.93. The third-order valence-corrected chi connectivity index (χ3v) is 3.72. The largest absolute Gasteiger partial charge is 0.385 e. The lowest BCUT2D eigenvalue weighted by atomic mass is 10.1. The molecule has 2 aromatic heterocycles. The molecule has 3 aromatic rings. The molecule has 0 spiro atoms. The number of nitrogens with zero attached hydrogens (tertiary/aromatic N) is 3. The van der Waals surface area contributed by atoms with E-state index in [0.717, 1.165) is 16.6 Å². The lowest BCUT2D eigenvalue weighted by molar-refractivity contribution is 0.729. The monoisotopic (exact) mass is 268 g/mol. The quantitative estimate of drug-likeness (QED) is 0.769. The van der Waals surface area contributed by atoms with Gasteiger partial charge in [0.15, 0.2) is 0 Å². The van der Waals surface area contributed by atoms with Gasteiger partial charge in [0.25, 0.3) is 5.56 Å². The second-order valence-electron chi connectivity index (χ2n) is 4.93. The molecule has 2 N–H and O–H groups in total. The number of anilines is 1. The van der Waals surface area contributed by atoms with E-state index in [-0.39, 0.29) is 5.56 Å². The average Bonchev–Trinajstić information content (AvgIpc) is 2.75. The maximum absolute atomic E-state index is 12.5. The van der Waals surface area contributed by atoms with Crippen LogP contribution in [0, 0.1) is 6.92 Å². The normalized spacial score (nSPS) is 11.1. The summed E-state index contributed by atoms with van der Waals surface area (Å²) in [4.78, 5) is 12.5. The van der Waals surface area contributed by atoms with Crippen molar-refractivity contribution in [3.8, 4) is 0 Å². The third-order valence-electron chi connectivity index (χ3n) is 3.72. The van der Waals surface area contributed by atoms with Gasteiger partial charge in [-0.1, -0.05) is 18.2 Å². The van der Waals surface area contributed by atoms with Gasteiger partial charge in [0.1, 0.15) is 5.82 Å². The highest BCUT2D eigenvalue weighted by Gasteiger charge is 2.10. The van der Waals surface area contributed by atoms with Gasteiger partial charge in [0, 0.05) is 23.7 Å². The molecule has 0 saturated carbocycles. The van der Waals surface area contributed by atoms with Crippen LogP contribution in [-0.2, 0) is 13.6 Å². The summed E-state index contributed by atoms with van der Waals surface area (Å²) < 4.78 is 3.38. The molecule has 5 heteroatoms. The van der Waals surface area contributed by atoms with Crippen molar-refractivity contribution in [1.29, 1.82) is 0 Å². The fraction of sp³-hybridized carbons (Fsp3) is 0.200. The highest BCUT2D eigenvalue weighted by Crippen LogP contribution is 2.15. The highest BCUT2D eigenvalue weighted by atomic mass is 16.1. The minimum absolute atomic E-state index is 0.0659. The first-order valence-electron chi connectivity index (χ1n) is 6.43. The van der Waals surface area contributed by atoms with Gasteiger partial charge < -0.3 is 5.73 Å². The average molecular weight is 268 g/mol. The van der Waals surface area contributed by atoms with Crippen molar-refractivity contribution in [1.82, 2.24) is 14.3 Å². The number of pyridine rings is 1. The summed E-state index contributed by atoms with van der Waals surface area (Å²) in [6.45, 7) is 2.42. The minimum atomic E-state index is -0.0659. The Labute approximate surface area is 116 Å². The Kier molecular flexibility index (Phi) is 2.82. The Morgan fingerprint density at radius 3 is 2.75 bits per heavy atom. The van der Waals surface area contributed by atoms with Gasteiger partial charge >= 0.3 is 0 Å². The molecule has 102 valence electrons. The van der Waals surface area contributed by atoms with Gasteiger partial charge in [-0.2, -0.15) is 5.10 Å². The summed E-state index contributed by atoms with van der Waals surface area (Å²) in [5.74, 6) is 0.469. The molecule has 0 atom stereocenters. The van der Waals surface area contributed by atoms with Crippen molar-refractivity contribution >= 4 is 16.6 Å². The zero-order valence-corrected chi connectivity index (χ0v) is 11.5. The van der Waals surface area contributed by atoms with Crippen LogP contribution in [0.2, 0.25) is 0 Å². The number of nitrogens with two attached hydrogens (primary N) is 1. The summed E-state index contributed by atoms with van der Waals surface area (Å²) in [7, 11) is 1.88. The van der Waals surface area contributed by atoms with E-state index in [1.165, 1.54) is 0 Å². The Morgan fingerprint density at radius 1 is 1.30 bits per heavy atom. The van der Waals surface area contributed by atoms with E-state index in [4.69, 9.17) is 5.73 Å². The molecule has 20 heavy (non-hydrogen) atoms. The van der Waals surface area contributed by atoms with Crippen LogP contribution < -0.4 is 11.3 Å². The number of rotatable bonds is 2. The summed E-state index contributed by atoms with van der Waals surface area (Å²) in [6, 6.07) is 9.31. The van der Waals surface area contributed by atoms with Gasteiger partial charge in [-0.25, -0.2) is 0 Å². The van der Waals surface area contributed by atoms with Crippen LogP contribution in [0.5, 0.6) is 0 Å². The molecule has 3 rings (SSSR count). The zero-order valence-electron chi connectivity index (χ0n) is 11.5. The molecule has 0 radical (unpaired) electrons. The first kappa shape index (κ1) is 12.5. The third kappa shape index (κ3) is 1.87. The maximum Gasteiger partial charge on any atom is 0.260 e. The molecule has 0 bridgehead atoms. The van der Waals surface area contributed by atoms with Crippen LogP contribution in [0.4, 0.5) is 5.82 Å². The van der Waals surface area contributed by atoms with Crippen molar-refractivity contribution in [3.05, 3.63) is 58.1 Å². The van der Waals surface area contributed by atoms with Crippen LogP contribution in [0.15, 0.2) is 41.3 Å². The van der Waals surface area contributed by atoms with E-state index in [2.05, 4.69) is 5.10 Å². The molecule has 0 aliphatic heterocycles. The van der Waals surface area contributed by atoms with Crippen molar-refractivity contribution in [3.63, 3.8) is 0 Å². The van der Waals surface area contributed by atoms with Crippen molar-refractivity contribution in [2.75, 3.05) is 5.73 Å². The molecule has 5 nitrogen and oxygen atoms in total. The summed E-state index contributed by atoms with van der Waals surface area (Å²) >= 11 is 0. The number of fused-ring (bicyclic) bond motifs is 1. The molecule has 0 amide bonds. The molecule has 0 unspecified atom stereocenters. The number of hydrogen-bond acceptors (Lipinski definition) is 3. The van der Waals surface area contributed by atoms with Crippen LogP contribution in [0.3, 0.4) is 0 Å². The van der Waals surface area contributed by atoms with Crippen molar-refractivity contribution in [2.45, 2.75) is 13.5 Å². The first-order valence-corrected chi connectivity index (χ1v) is 6.43. The lowest BCUT2D eigenvalue weighted by Crippen LogP contribution is -2.23. The summed E-state index contributed by atoms with van der Waals surface area (Å²) in [5.41, 5.74) is 7.99. The van der Waals surface area contributed by atoms with Gasteiger partial charge in [-0.15, -0.1) is 0 Å². The van der Waals surface area contributed by atoms with Crippen LogP contribution in [-0.4, -0.2) is 14.3 Å². The molecular weight excluding hydrogens is 252 g/mol. The van der Waals surface area contributed by atoms with Crippen LogP contribution >= 0.6 is 0 Å². The standard InChI is InChI=1S/C15H16N4O/c1-10-12(8-17-18(10)2)9-19-14(16)7-11-5-3-4-6-13(11)15(19)20/h3-8H,9,16H2,1-2H3. The van der Waals surface area contributed by atoms with E-state index in [9.17, 15) is 4.79 Å². The topological polar surface area (TPSA) is 65.8 Å². The first-order chi connectivity index (χ1) is 9.58. The van der Waals surface area contributed by atoms with E-state index < -0.39 is 0 Å². The zero-order chi connectivity index (χ0) is 14.3. The smallest absolute Gasteiger partial charge is 0.260 e. The van der Waals surface area contributed by atoms with E-state index >= 15 is 0 Å². The number of aromatic nitrogens is 3. The van der Waals surface area contributed by atoms with E-state index in [1.54, 1.807) is 15.4 Å². The van der Waals surface area contributed by atoms with Crippen molar-refractivity contribution < 1.29 is 0 Å². The van der Waals surface area contributed by atoms with Gasteiger partial charge in [0.2, 0.25) is 0 Å². The maximum atomic E-state index is 12.5. The second kappa shape index (κ2) is 4.52.